The average molecular weight is 592 g/mol. The molecule has 2 rings (SSSR count). The van der Waals surface area contributed by atoms with E-state index < -0.39 is 5.97 Å². The molecule has 0 atom stereocenters. The fourth-order valence-corrected chi connectivity index (χ4v) is 5.18. The van der Waals surface area contributed by atoms with Crippen molar-refractivity contribution < 1.29 is 14.6 Å². The molecule has 0 fully saturated rings. The molecule has 6 heteroatoms. The number of esters is 1. The maximum absolute atomic E-state index is 12.0. The first-order valence-electron chi connectivity index (χ1n) is 5.13. The molecule has 0 unspecified atom stereocenters. The predicted octanol–water partition coefficient (Wildman–Crippen LogP) is 4.43. The van der Waals surface area contributed by atoms with Gasteiger partial charge in [0.15, 0.2) is 5.75 Å². The van der Waals surface area contributed by atoms with E-state index in [0.717, 1.165) is 10.7 Å². The van der Waals surface area contributed by atoms with Gasteiger partial charge < -0.3 is 9.84 Å². The minimum atomic E-state index is -0.433. The minimum Gasteiger partial charge on any atom is -0.508 e. The molecule has 19 heavy (non-hydrogen) atoms. The Balaban J connectivity index is 2.26. The van der Waals surface area contributed by atoms with Crippen LogP contribution in [-0.2, 0) is 0 Å². The van der Waals surface area contributed by atoms with E-state index in [0.29, 0.717) is 11.3 Å². The number of aromatic hydroxyl groups is 1. The quantitative estimate of drug-likeness (QED) is 0.320. The van der Waals surface area contributed by atoms with Gasteiger partial charge in [-0.25, -0.2) is 4.79 Å². The van der Waals surface area contributed by atoms with Crippen LogP contribution in [0.3, 0.4) is 0 Å². The summed E-state index contributed by atoms with van der Waals surface area (Å²) in [4.78, 5) is 12.0. The molecule has 0 heterocycles. The van der Waals surface area contributed by atoms with Gasteiger partial charge in [0.05, 0.1) is 12.7 Å². The molecule has 0 radical (unpaired) electrons. The first kappa shape index (κ1) is 15.3. The van der Waals surface area contributed by atoms with E-state index in [2.05, 4.69) is 67.8 Å². The Hall–Kier alpha value is -0.100. The normalized spacial score (nSPS) is 10.3. The Morgan fingerprint density at radius 3 is 2.05 bits per heavy atom. The number of ether oxygens (including phenoxy) is 1. The highest BCUT2D eigenvalue weighted by atomic mass is 127. The second kappa shape index (κ2) is 6.57. The number of halogens is 3. The van der Waals surface area contributed by atoms with E-state index in [1.54, 1.807) is 0 Å². The predicted molar refractivity (Wildman–Crippen MR) is 97.7 cm³/mol. The van der Waals surface area contributed by atoms with Crippen molar-refractivity contribution in [2.75, 3.05) is 0 Å². The summed E-state index contributed by atoms with van der Waals surface area (Å²) in [5.41, 5.74) is 0.406. The third-order valence-corrected chi connectivity index (χ3v) is 4.49. The second-order valence-corrected chi connectivity index (χ2v) is 7.20. The molecule has 2 aromatic rings. The van der Waals surface area contributed by atoms with Crippen molar-refractivity contribution in [3.8, 4) is 11.5 Å². The molecule has 0 aliphatic rings. The van der Waals surface area contributed by atoms with Gasteiger partial charge in [-0.15, -0.1) is 0 Å². The summed E-state index contributed by atoms with van der Waals surface area (Å²) in [5, 5.41) is 9.19. The van der Waals surface area contributed by atoms with Crippen LogP contribution in [0.25, 0.3) is 0 Å². The molecule has 0 aliphatic heterocycles. The van der Waals surface area contributed by atoms with Crippen LogP contribution < -0.4 is 4.74 Å². The van der Waals surface area contributed by atoms with Crippen LogP contribution in [0.1, 0.15) is 10.4 Å². The largest absolute Gasteiger partial charge is 0.508 e. The maximum atomic E-state index is 12.0. The van der Waals surface area contributed by atoms with Crippen LogP contribution in [0.5, 0.6) is 11.5 Å². The Labute approximate surface area is 151 Å². The number of phenols is 1. The van der Waals surface area contributed by atoms with Gasteiger partial charge in [-0.3, -0.25) is 0 Å². The van der Waals surface area contributed by atoms with Crippen LogP contribution in [0.15, 0.2) is 36.4 Å². The van der Waals surface area contributed by atoms with E-state index in [1.165, 1.54) is 24.3 Å². The zero-order chi connectivity index (χ0) is 14.0. The molecular weight excluding hydrogens is 585 g/mol. The van der Waals surface area contributed by atoms with E-state index in [4.69, 9.17) is 4.74 Å². The summed E-state index contributed by atoms with van der Waals surface area (Å²) in [6, 6.07) is 9.88. The monoisotopic (exact) mass is 592 g/mol. The Morgan fingerprint density at radius 2 is 1.53 bits per heavy atom. The lowest BCUT2D eigenvalue weighted by Crippen LogP contribution is -2.10. The van der Waals surface area contributed by atoms with Gasteiger partial charge in [0.1, 0.15) is 5.75 Å². The SMILES string of the molecule is O=C(Oc1c(I)cc(I)cc1I)c1ccc(O)cc1. The molecule has 0 saturated heterocycles. The summed E-state index contributed by atoms with van der Waals surface area (Å²) >= 11 is 6.50. The molecule has 2 aromatic carbocycles. The van der Waals surface area contributed by atoms with Gasteiger partial charge in [-0.05, 0) is 104 Å². The van der Waals surface area contributed by atoms with Crippen LogP contribution >= 0.6 is 67.8 Å². The molecule has 3 nitrogen and oxygen atoms in total. The molecular formula is C13H7I3O3. The summed E-state index contributed by atoms with van der Waals surface area (Å²) in [5.74, 6) is 0.256. The maximum Gasteiger partial charge on any atom is 0.343 e. The number of hydrogen-bond acceptors (Lipinski definition) is 3. The Bertz CT molecular complexity index is 601. The van der Waals surface area contributed by atoms with Gasteiger partial charge in [-0.1, -0.05) is 0 Å². The van der Waals surface area contributed by atoms with E-state index >= 15 is 0 Å². The van der Waals surface area contributed by atoms with Crippen LogP contribution in [-0.4, -0.2) is 11.1 Å². The van der Waals surface area contributed by atoms with Crippen molar-refractivity contribution in [1.29, 1.82) is 0 Å². The van der Waals surface area contributed by atoms with Crippen molar-refractivity contribution in [3.63, 3.8) is 0 Å². The van der Waals surface area contributed by atoms with Gasteiger partial charge in [0.2, 0.25) is 0 Å². The third kappa shape index (κ3) is 3.94. The zero-order valence-corrected chi connectivity index (χ0v) is 15.8. The highest BCUT2D eigenvalue weighted by Gasteiger charge is 2.14. The number of phenolic OH excluding ortho intramolecular Hbond substituents is 1. The summed E-state index contributed by atoms with van der Waals surface area (Å²) < 4.78 is 8.29. The standard InChI is InChI=1S/C13H7I3O3/c14-8-5-10(15)12(11(16)6-8)19-13(18)7-1-3-9(17)4-2-7/h1-6,17H. The molecule has 0 aliphatic carbocycles. The lowest BCUT2D eigenvalue weighted by molar-refractivity contribution is 0.0732. The molecule has 0 saturated carbocycles. The van der Waals surface area contributed by atoms with Crippen molar-refractivity contribution in [2.45, 2.75) is 0 Å². The number of rotatable bonds is 2. The smallest absolute Gasteiger partial charge is 0.343 e. The molecule has 98 valence electrons. The highest BCUT2D eigenvalue weighted by molar-refractivity contribution is 14.1. The second-order valence-electron chi connectivity index (χ2n) is 3.63. The Kier molecular flexibility index (Phi) is 5.29. The first-order chi connectivity index (χ1) is 8.97. The molecule has 0 bridgehead atoms. The number of carbonyl (C=O) groups is 1. The van der Waals surface area contributed by atoms with Crippen LogP contribution in [0, 0.1) is 10.7 Å². The zero-order valence-electron chi connectivity index (χ0n) is 9.36. The topological polar surface area (TPSA) is 46.5 Å². The van der Waals surface area contributed by atoms with E-state index in [-0.39, 0.29) is 5.75 Å². The fourth-order valence-electron chi connectivity index (χ4n) is 1.38. The Morgan fingerprint density at radius 1 is 1.00 bits per heavy atom. The fraction of sp³-hybridized carbons (Fsp3) is 0. The van der Waals surface area contributed by atoms with Crippen molar-refractivity contribution >= 4 is 73.7 Å². The third-order valence-electron chi connectivity index (χ3n) is 2.26. The summed E-state index contributed by atoms with van der Waals surface area (Å²) in [7, 11) is 0. The highest BCUT2D eigenvalue weighted by Crippen LogP contribution is 2.30. The first-order valence-corrected chi connectivity index (χ1v) is 8.37. The number of carbonyl (C=O) groups excluding carboxylic acids is 1. The van der Waals surface area contributed by atoms with Gasteiger partial charge in [0, 0.05) is 3.57 Å². The van der Waals surface area contributed by atoms with Gasteiger partial charge in [0.25, 0.3) is 0 Å². The van der Waals surface area contributed by atoms with E-state index in [9.17, 15) is 9.90 Å². The van der Waals surface area contributed by atoms with E-state index in [1.807, 2.05) is 12.1 Å². The molecule has 1 N–H and O–H groups in total. The summed E-state index contributed by atoms with van der Waals surface area (Å²) in [6.45, 7) is 0. The average Bonchev–Trinajstić information content (AvgIpc) is 2.34. The van der Waals surface area contributed by atoms with Crippen LogP contribution in [0.4, 0.5) is 0 Å². The van der Waals surface area contributed by atoms with Gasteiger partial charge in [-0.2, -0.15) is 0 Å². The molecule has 0 aromatic heterocycles. The molecule has 0 spiro atoms. The van der Waals surface area contributed by atoms with Crippen molar-refractivity contribution in [1.82, 2.24) is 0 Å². The van der Waals surface area contributed by atoms with Gasteiger partial charge >= 0.3 is 5.97 Å². The van der Waals surface area contributed by atoms with Crippen molar-refractivity contribution in [2.24, 2.45) is 0 Å². The number of hydrogen-bond donors (Lipinski definition) is 1. The minimum absolute atomic E-state index is 0.120. The van der Waals surface area contributed by atoms with Crippen molar-refractivity contribution in [3.05, 3.63) is 52.7 Å². The summed E-state index contributed by atoms with van der Waals surface area (Å²) in [6.07, 6.45) is 0. The van der Waals surface area contributed by atoms with Crippen LogP contribution in [0.2, 0.25) is 0 Å². The lowest BCUT2D eigenvalue weighted by atomic mass is 10.2. The lowest BCUT2D eigenvalue weighted by Gasteiger charge is -2.09. The number of benzene rings is 2. The molecule has 0 amide bonds.